The molecular formula is C18H24N4O2S. The molecule has 0 saturated carbocycles. The number of benzene rings is 1. The number of aryl methyl sites for hydroxylation is 1. The van der Waals surface area contributed by atoms with E-state index in [0.29, 0.717) is 11.0 Å². The lowest BCUT2D eigenvalue weighted by Crippen LogP contribution is -2.39. The molecule has 1 aromatic heterocycles. The molecular weight excluding hydrogens is 336 g/mol. The molecule has 0 radical (unpaired) electrons. The molecule has 1 amide bonds. The lowest BCUT2D eigenvalue weighted by atomic mass is 10.1. The molecule has 2 heterocycles. The number of piperidine rings is 1. The Kier molecular flexibility index (Phi) is 5.99. The van der Waals surface area contributed by atoms with Crippen LogP contribution in [-0.2, 0) is 11.2 Å². The molecule has 6 nitrogen and oxygen atoms in total. The van der Waals surface area contributed by atoms with Gasteiger partial charge >= 0.3 is 0 Å². The van der Waals surface area contributed by atoms with E-state index in [1.807, 2.05) is 24.3 Å². The molecule has 7 heteroatoms. The minimum Gasteiger partial charge on any atom is -0.380 e. The first-order valence-electron chi connectivity index (χ1n) is 8.71. The average molecular weight is 360 g/mol. The van der Waals surface area contributed by atoms with Gasteiger partial charge in [0.15, 0.2) is 0 Å². The summed E-state index contributed by atoms with van der Waals surface area (Å²) in [6.07, 6.45) is 4.26. The molecule has 0 aliphatic carbocycles. The Labute approximate surface area is 152 Å². The van der Waals surface area contributed by atoms with E-state index in [-0.39, 0.29) is 5.91 Å². The molecule has 1 saturated heterocycles. The maximum Gasteiger partial charge on any atom is 0.269 e. The molecule has 1 aromatic carbocycles. The lowest BCUT2D eigenvalue weighted by molar-refractivity contribution is 0.0893. The Balaban J connectivity index is 1.64. The first-order chi connectivity index (χ1) is 12.2. The monoisotopic (exact) mass is 360 g/mol. The predicted octanol–water partition coefficient (Wildman–Crippen LogP) is 3.36. The summed E-state index contributed by atoms with van der Waals surface area (Å²) in [5.41, 5.74) is 2.72. The smallest absolute Gasteiger partial charge is 0.269 e. The molecule has 1 fully saturated rings. The Morgan fingerprint density at radius 3 is 2.92 bits per heavy atom. The maximum absolute atomic E-state index is 12.4. The lowest BCUT2D eigenvalue weighted by Gasteiger charge is -2.33. The number of nitrogens with zero attached hydrogens (tertiary/aromatic N) is 3. The van der Waals surface area contributed by atoms with Gasteiger partial charge in [-0.15, -0.1) is 5.10 Å². The molecule has 134 valence electrons. The molecule has 1 N–H and O–H groups in total. The normalized spacial score (nSPS) is 17.5. The van der Waals surface area contributed by atoms with Gasteiger partial charge in [0.25, 0.3) is 5.91 Å². The van der Waals surface area contributed by atoms with E-state index in [1.165, 1.54) is 0 Å². The van der Waals surface area contributed by atoms with Crippen LogP contribution in [0.15, 0.2) is 24.3 Å². The molecule has 25 heavy (non-hydrogen) atoms. The molecule has 0 bridgehead atoms. The van der Waals surface area contributed by atoms with Crippen molar-refractivity contribution in [1.82, 2.24) is 9.59 Å². The summed E-state index contributed by atoms with van der Waals surface area (Å²) in [4.78, 5) is 15.4. The number of methoxy groups -OCH3 is 1. The number of hydrogen-bond acceptors (Lipinski definition) is 6. The summed E-state index contributed by atoms with van der Waals surface area (Å²) in [6, 6.07) is 7.98. The third kappa shape index (κ3) is 4.35. The fourth-order valence-corrected chi connectivity index (χ4v) is 3.69. The quantitative estimate of drug-likeness (QED) is 0.855. The molecule has 0 spiro atoms. The highest BCUT2D eigenvalue weighted by Gasteiger charge is 2.20. The van der Waals surface area contributed by atoms with Gasteiger partial charge in [0.2, 0.25) is 0 Å². The standard InChI is InChI=1S/C18H24N4O2S/c1-3-5-16-17(25-21-20-16)18(23)19-13-7-9-14(10-8-13)22-11-4-6-15(12-22)24-2/h7-10,15H,3-6,11-12H2,1-2H3,(H,19,23). The third-order valence-electron chi connectivity index (χ3n) is 4.45. The molecule has 1 aliphatic rings. The van der Waals surface area contributed by atoms with Crippen molar-refractivity contribution in [2.75, 3.05) is 30.4 Å². The van der Waals surface area contributed by atoms with E-state index < -0.39 is 0 Å². The van der Waals surface area contributed by atoms with Gasteiger partial charge in [0.1, 0.15) is 4.88 Å². The minimum atomic E-state index is -0.136. The van der Waals surface area contributed by atoms with Crippen LogP contribution in [0.2, 0.25) is 0 Å². The Hall–Kier alpha value is -1.99. The molecule has 1 aliphatic heterocycles. The topological polar surface area (TPSA) is 67.4 Å². The zero-order chi connectivity index (χ0) is 17.6. The second-order valence-electron chi connectivity index (χ2n) is 6.25. The fraction of sp³-hybridized carbons (Fsp3) is 0.500. The van der Waals surface area contributed by atoms with Crippen molar-refractivity contribution in [3.8, 4) is 0 Å². The third-order valence-corrected chi connectivity index (χ3v) is 5.22. The van der Waals surface area contributed by atoms with Crippen molar-refractivity contribution in [3.63, 3.8) is 0 Å². The van der Waals surface area contributed by atoms with Gasteiger partial charge in [-0.25, -0.2) is 0 Å². The van der Waals surface area contributed by atoms with Gasteiger partial charge < -0.3 is 15.0 Å². The minimum absolute atomic E-state index is 0.136. The van der Waals surface area contributed by atoms with Crippen LogP contribution in [0.25, 0.3) is 0 Å². The number of anilines is 2. The number of rotatable bonds is 6. The van der Waals surface area contributed by atoms with Crippen LogP contribution >= 0.6 is 11.5 Å². The van der Waals surface area contributed by atoms with E-state index in [0.717, 1.165) is 67.4 Å². The van der Waals surface area contributed by atoms with Gasteiger partial charge in [0.05, 0.1) is 11.8 Å². The van der Waals surface area contributed by atoms with E-state index in [1.54, 1.807) is 7.11 Å². The Bertz CT molecular complexity index is 701. The summed E-state index contributed by atoms with van der Waals surface area (Å²) in [5.74, 6) is -0.136. The number of aromatic nitrogens is 2. The van der Waals surface area contributed by atoms with E-state index >= 15 is 0 Å². The number of nitrogens with one attached hydrogen (secondary N) is 1. The van der Waals surface area contributed by atoms with Gasteiger partial charge in [-0.1, -0.05) is 17.8 Å². The number of carbonyl (C=O) groups excluding carboxylic acids is 1. The van der Waals surface area contributed by atoms with Crippen LogP contribution < -0.4 is 10.2 Å². The Morgan fingerprint density at radius 2 is 2.20 bits per heavy atom. The van der Waals surface area contributed by atoms with Crippen molar-refractivity contribution in [3.05, 3.63) is 34.8 Å². The van der Waals surface area contributed by atoms with Gasteiger partial charge in [-0.05, 0) is 55.1 Å². The maximum atomic E-state index is 12.4. The number of hydrogen-bond donors (Lipinski definition) is 1. The van der Waals surface area contributed by atoms with E-state index in [2.05, 4.69) is 26.7 Å². The first-order valence-corrected chi connectivity index (χ1v) is 9.49. The van der Waals surface area contributed by atoms with E-state index in [4.69, 9.17) is 4.74 Å². The fourth-order valence-electron chi connectivity index (χ4n) is 3.09. The summed E-state index contributed by atoms with van der Waals surface area (Å²) < 4.78 is 9.39. The van der Waals surface area contributed by atoms with Gasteiger partial charge in [-0.3, -0.25) is 4.79 Å². The van der Waals surface area contributed by atoms with Crippen LogP contribution in [-0.4, -0.2) is 41.8 Å². The number of carbonyl (C=O) groups is 1. The van der Waals surface area contributed by atoms with Crippen molar-refractivity contribution in [2.45, 2.75) is 38.7 Å². The largest absolute Gasteiger partial charge is 0.380 e. The van der Waals surface area contributed by atoms with Crippen LogP contribution in [0.4, 0.5) is 11.4 Å². The summed E-state index contributed by atoms with van der Waals surface area (Å²) in [7, 11) is 1.77. The highest BCUT2D eigenvalue weighted by molar-refractivity contribution is 7.08. The van der Waals surface area contributed by atoms with Crippen LogP contribution in [0.3, 0.4) is 0 Å². The van der Waals surface area contributed by atoms with E-state index in [9.17, 15) is 4.79 Å². The first kappa shape index (κ1) is 17.8. The van der Waals surface area contributed by atoms with Gasteiger partial charge in [0, 0.05) is 31.6 Å². The van der Waals surface area contributed by atoms with Crippen molar-refractivity contribution >= 4 is 28.8 Å². The van der Waals surface area contributed by atoms with Crippen molar-refractivity contribution in [2.24, 2.45) is 0 Å². The highest BCUT2D eigenvalue weighted by atomic mass is 32.1. The number of amides is 1. The highest BCUT2D eigenvalue weighted by Crippen LogP contribution is 2.23. The zero-order valence-electron chi connectivity index (χ0n) is 14.7. The van der Waals surface area contributed by atoms with Crippen LogP contribution in [0.5, 0.6) is 0 Å². The van der Waals surface area contributed by atoms with Crippen LogP contribution in [0, 0.1) is 0 Å². The van der Waals surface area contributed by atoms with Gasteiger partial charge in [-0.2, -0.15) is 0 Å². The molecule has 1 unspecified atom stereocenters. The summed E-state index contributed by atoms with van der Waals surface area (Å²) in [6.45, 7) is 4.02. The molecule has 1 atom stereocenters. The van der Waals surface area contributed by atoms with Crippen molar-refractivity contribution < 1.29 is 9.53 Å². The summed E-state index contributed by atoms with van der Waals surface area (Å²) >= 11 is 1.15. The zero-order valence-corrected chi connectivity index (χ0v) is 15.5. The SMILES string of the molecule is CCCc1nnsc1C(=O)Nc1ccc(N2CCCC(OC)C2)cc1. The summed E-state index contributed by atoms with van der Waals surface area (Å²) in [5, 5.41) is 6.99. The second-order valence-corrected chi connectivity index (χ2v) is 7.00. The number of ether oxygens (including phenoxy) is 1. The predicted molar refractivity (Wildman–Crippen MR) is 101 cm³/mol. The molecule has 2 aromatic rings. The average Bonchev–Trinajstić information content (AvgIpc) is 3.11. The van der Waals surface area contributed by atoms with Crippen LogP contribution in [0.1, 0.15) is 41.6 Å². The molecule has 3 rings (SSSR count). The second kappa shape index (κ2) is 8.40. The van der Waals surface area contributed by atoms with Crippen molar-refractivity contribution in [1.29, 1.82) is 0 Å². The Morgan fingerprint density at radius 1 is 1.40 bits per heavy atom.